The van der Waals surface area contributed by atoms with Crippen LogP contribution in [0.4, 0.5) is 32.0 Å². The minimum Gasteiger partial charge on any atom is -0.385 e. The monoisotopic (exact) mass is 530 g/mol. The molecule has 1 saturated heterocycles. The van der Waals surface area contributed by atoms with Crippen molar-refractivity contribution < 1.29 is 31.1 Å². The van der Waals surface area contributed by atoms with Gasteiger partial charge in [0.1, 0.15) is 0 Å². The third-order valence-corrected chi connectivity index (χ3v) is 10.9. The number of carbonyl (C=O) groups excluding carboxylic acids is 1. The van der Waals surface area contributed by atoms with Crippen molar-refractivity contribution in [2.24, 2.45) is 34.5 Å². The van der Waals surface area contributed by atoms with Crippen molar-refractivity contribution in [1.82, 2.24) is 4.90 Å². The van der Waals surface area contributed by atoms with E-state index in [-0.39, 0.29) is 40.5 Å². The van der Waals surface area contributed by atoms with Crippen LogP contribution in [0.15, 0.2) is 18.2 Å². The van der Waals surface area contributed by atoms with Gasteiger partial charge in [0.15, 0.2) is 0 Å². The van der Waals surface area contributed by atoms with Gasteiger partial charge in [0, 0.05) is 31.7 Å². The van der Waals surface area contributed by atoms with E-state index in [2.05, 4.69) is 19.2 Å². The first-order chi connectivity index (χ1) is 17.1. The third kappa shape index (κ3) is 4.42. The summed E-state index contributed by atoms with van der Waals surface area (Å²) in [6.45, 7) is 5.01. The molecule has 1 aromatic carbocycles. The number of fused-ring (bicyclic) bond motifs is 5. The van der Waals surface area contributed by atoms with E-state index in [0.717, 1.165) is 57.1 Å². The summed E-state index contributed by atoms with van der Waals surface area (Å²) in [4.78, 5) is 14.3. The van der Waals surface area contributed by atoms with Crippen molar-refractivity contribution in [3.63, 3.8) is 0 Å². The van der Waals surface area contributed by atoms with Gasteiger partial charge in [0.05, 0.1) is 11.1 Å². The second-order valence-corrected chi connectivity index (χ2v) is 12.5. The van der Waals surface area contributed by atoms with Gasteiger partial charge in [-0.3, -0.25) is 4.79 Å². The van der Waals surface area contributed by atoms with E-state index in [1.54, 1.807) is 0 Å². The molecule has 3 aliphatic carbocycles. The molecular formula is C28H36F6N2O. The highest BCUT2D eigenvalue weighted by atomic mass is 19.4. The molecule has 1 N–H and O–H groups in total. The highest BCUT2D eigenvalue weighted by molar-refractivity contribution is 5.77. The highest BCUT2D eigenvalue weighted by Crippen LogP contribution is 2.66. The Morgan fingerprint density at radius 1 is 0.865 bits per heavy atom. The van der Waals surface area contributed by atoms with Crippen molar-refractivity contribution in [3.05, 3.63) is 29.3 Å². The zero-order valence-electron chi connectivity index (χ0n) is 21.6. The number of nitrogens with zero attached hydrogens (tertiary/aromatic N) is 1. The van der Waals surface area contributed by atoms with Crippen LogP contribution in [0.25, 0.3) is 0 Å². The van der Waals surface area contributed by atoms with E-state index in [1.165, 1.54) is 0 Å². The Morgan fingerprint density at radius 3 is 2.11 bits per heavy atom. The first-order valence-electron chi connectivity index (χ1n) is 13.4. The molecule has 3 nitrogen and oxygen atoms in total. The predicted molar refractivity (Wildman–Crippen MR) is 129 cm³/mol. The van der Waals surface area contributed by atoms with Gasteiger partial charge in [-0.25, -0.2) is 0 Å². The average Bonchev–Trinajstić information content (AvgIpc) is 3.15. The van der Waals surface area contributed by atoms with Gasteiger partial charge in [-0.2, -0.15) is 26.3 Å². The van der Waals surface area contributed by atoms with Crippen LogP contribution >= 0.6 is 0 Å². The first kappa shape index (κ1) is 26.7. The zero-order valence-corrected chi connectivity index (χ0v) is 21.6. The molecule has 7 atom stereocenters. The van der Waals surface area contributed by atoms with Gasteiger partial charge in [-0.1, -0.05) is 13.8 Å². The number of alkyl halides is 6. The quantitative estimate of drug-likeness (QED) is 0.408. The summed E-state index contributed by atoms with van der Waals surface area (Å²) in [5.74, 6) is 2.01. The van der Waals surface area contributed by atoms with Crippen LogP contribution in [-0.2, 0) is 17.1 Å². The van der Waals surface area contributed by atoms with Crippen LogP contribution in [0.5, 0.6) is 0 Å². The van der Waals surface area contributed by atoms with E-state index < -0.39 is 23.5 Å². The maximum absolute atomic E-state index is 13.3. The molecule has 1 aliphatic heterocycles. The molecule has 1 heterocycles. The van der Waals surface area contributed by atoms with Crippen LogP contribution in [0.3, 0.4) is 0 Å². The topological polar surface area (TPSA) is 32.3 Å². The van der Waals surface area contributed by atoms with Crippen LogP contribution in [-0.4, -0.2) is 30.4 Å². The van der Waals surface area contributed by atoms with E-state index in [1.807, 2.05) is 11.9 Å². The van der Waals surface area contributed by atoms with Crippen molar-refractivity contribution >= 4 is 11.6 Å². The lowest BCUT2D eigenvalue weighted by Gasteiger charge is -2.61. The maximum atomic E-state index is 13.3. The molecule has 37 heavy (non-hydrogen) atoms. The molecule has 2 unspecified atom stereocenters. The van der Waals surface area contributed by atoms with Crippen molar-refractivity contribution in [3.8, 4) is 0 Å². The first-order valence-corrected chi connectivity index (χ1v) is 13.4. The summed E-state index contributed by atoms with van der Waals surface area (Å²) in [5.41, 5.74) is -2.60. The van der Waals surface area contributed by atoms with E-state index in [9.17, 15) is 31.1 Å². The fourth-order valence-corrected chi connectivity index (χ4v) is 8.89. The lowest BCUT2D eigenvalue weighted by molar-refractivity contribution is -0.158. The molecule has 4 fully saturated rings. The Bertz CT molecular complexity index is 1020. The van der Waals surface area contributed by atoms with Crippen LogP contribution in [0.2, 0.25) is 0 Å². The molecule has 9 heteroatoms. The van der Waals surface area contributed by atoms with Crippen LogP contribution in [0.1, 0.15) is 76.3 Å². The molecule has 4 aliphatic rings. The number of hydrogen-bond acceptors (Lipinski definition) is 2. The minimum atomic E-state index is -4.85. The molecular weight excluding hydrogens is 494 g/mol. The molecule has 0 radical (unpaired) electrons. The number of benzene rings is 1. The van der Waals surface area contributed by atoms with Crippen molar-refractivity contribution in [1.29, 1.82) is 0 Å². The largest absolute Gasteiger partial charge is 0.416 e. The summed E-state index contributed by atoms with van der Waals surface area (Å²) in [7, 11) is 1.94. The predicted octanol–water partition coefficient (Wildman–Crippen LogP) is 7.62. The molecule has 0 aromatic heterocycles. The summed E-state index contributed by atoms with van der Waals surface area (Å²) >= 11 is 0. The lowest BCUT2D eigenvalue weighted by atomic mass is 9.47. The number of anilines is 1. The summed E-state index contributed by atoms with van der Waals surface area (Å²) in [6, 6.07) is 2.02. The average molecular weight is 531 g/mol. The number of rotatable bonds is 3. The fourth-order valence-electron chi connectivity index (χ4n) is 8.89. The zero-order chi connectivity index (χ0) is 27.0. The Labute approximate surface area is 214 Å². The Hall–Kier alpha value is -1.93. The summed E-state index contributed by atoms with van der Waals surface area (Å²) in [6.07, 6.45) is -2.10. The van der Waals surface area contributed by atoms with Crippen LogP contribution in [0, 0.1) is 34.5 Å². The SMILES string of the molecule is CN1C(=O)CC[C@@]2(C)C1CC[C@@H]1[C@H]2CC[C@]2(C)C(CNc3cc(C(F)(F)F)cc(C(F)(F)F)c3)CC[C@@H]12. The number of hydrogen-bond donors (Lipinski definition) is 1. The number of likely N-dealkylation sites (tertiary alicyclic amines) is 1. The van der Waals surface area contributed by atoms with E-state index in [0.29, 0.717) is 30.7 Å². The third-order valence-electron chi connectivity index (χ3n) is 10.9. The smallest absolute Gasteiger partial charge is 0.385 e. The summed E-state index contributed by atoms with van der Waals surface area (Å²) in [5, 5.41) is 2.96. The van der Waals surface area contributed by atoms with Crippen molar-refractivity contribution in [2.75, 3.05) is 18.9 Å². The molecule has 1 amide bonds. The number of amides is 1. The number of halogens is 6. The second kappa shape index (κ2) is 8.80. The summed E-state index contributed by atoms with van der Waals surface area (Å²) < 4.78 is 79.8. The van der Waals surface area contributed by atoms with E-state index in [4.69, 9.17) is 0 Å². The van der Waals surface area contributed by atoms with E-state index >= 15 is 0 Å². The molecule has 5 rings (SSSR count). The Kier molecular flexibility index (Phi) is 6.34. The minimum absolute atomic E-state index is 0.00223. The number of nitrogens with one attached hydrogen (secondary N) is 1. The highest BCUT2D eigenvalue weighted by Gasteiger charge is 2.61. The van der Waals surface area contributed by atoms with Gasteiger partial charge in [0.2, 0.25) is 5.91 Å². The fraction of sp³-hybridized carbons (Fsp3) is 0.750. The normalized spacial score (nSPS) is 38.1. The maximum Gasteiger partial charge on any atom is 0.416 e. The molecule has 3 saturated carbocycles. The Morgan fingerprint density at radius 2 is 1.49 bits per heavy atom. The standard InChI is InChI=1S/C28H36F6N2O/c1-25-10-8-22-20(5-7-23-26(22,2)11-9-24(37)36(23)3)21(25)6-4-16(25)15-35-19-13-17(27(29,30)31)12-18(14-19)28(32,33)34/h12-14,16,20-23,35H,4-11,15H2,1-3H3/t16?,20-,21-,22+,23?,25+,26+/m0/s1. The van der Waals surface area contributed by atoms with Gasteiger partial charge in [-0.15, -0.1) is 0 Å². The number of piperidine rings is 1. The van der Waals surface area contributed by atoms with Gasteiger partial charge >= 0.3 is 12.4 Å². The number of carbonyl (C=O) groups is 1. The van der Waals surface area contributed by atoms with Gasteiger partial charge in [-0.05, 0) is 97.6 Å². The molecule has 0 bridgehead atoms. The Balaban J connectivity index is 1.33. The molecule has 206 valence electrons. The van der Waals surface area contributed by atoms with Gasteiger partial charge < -0.3 is 10.2 Å². The molecule has 1 aromatic rings. The lowest BCUT2D eigenvalue weighted by Crippen LogP contribution is -2.61. The molecule has 0 spiro atoms. The van der Waals surface area contributed by atoms with Gasteiger partial charge in [0.25, 0.3) is 0 Å². The second-order valence-electron chi connectivity index (χ2n) is 12.5. The van der Waals surface area contributed by atoms with Crippen LogP contribution < -0.4 is 5.32 Å². The van der Waals surface area contributed by atoms with Crippen molar-refractivity contribution in [2.45, 2.75) is 83.6 Å².